The Morgan fingerprint density at radius 2 is 1.53 bits per heavy atom. The summed E-state index contributed by atoms with van der Waals surface area (Å²) in [6, 6.07) is 7.11. The Labute approximate surface area is 122 Å². The number of hydrogen-bond donors (Lipinski definition) is 2. The molecule has 0 aromatic heterocycles. The first kappa shape index (κ1) is 15.7. The number of hydrogen-bond acceptors (Lipinski definition) is 2. The first-order chi connectivity index (χ1) is 9.01. The van der Waals surface area contributed by atoms with Crippen LogP contribution in [0.25, 0.3) is 0 Å². The van der Waals surface area contributed by atoms with Gasteiger partial charge in [-0.25, -0.2) is 0 Å². The lowest BCUT2D eigenvalue weighted by Crippen LogP contribution is -2.14. The average Bonchev–Trinajstić information content (AvgIpc) is 2.31. The minimum absolute atomic E-state index is 0.00562. The Hall–Kier alpha value is -1.36. The normalized spacial score (nSPS) is 10.3. The standard InChI is InChI=1S/C14H19BrN2O2/c1-10(2)9-14(19)17-12-5-3-11(4-6-12)16-13(18)7-8-15/h3-6,10H,7-9H2,1-2H3,(H,16,18)(H,17,19). The van der Waals surface area contributed by atoms with Crippen molar-refractivity contribution in [2.75, 3.05) is 16.0 Å². The zero-order valence-electron chi connectivity index (χ0n) is 11.2. The summed E-state index contributed by atoms with van der Waals surface area (Å²) in [6.45, 7) is 4.00. The van der Waals surface area contributed by atoms with E-state index in [0.29, 0.717) is 24.1 Å². The number of nitrogens with one attached hydrogen (secondary N) is 2. The molecule has 2 amide bonds. The van der Waals surface area contributed by atoms with Crippen LogP contribution in [0.5, 0.6) is 0 Å². The molecule has 0 aliphatic carbocycles. The highest BCUT2D eigenvalue weighted by Gasteiger charge is 2.05. The SMILES string of the molecule is CC(C)CC(=O)Nc1ccc(NC(=O)CCBr)cc1. The third-order valence-electron chi connectivity index (χ3n) is 2.37. The number of carbonyl (C=O) groups is 2. The van der Waals surface area contributed by atoms with Crippen LogP contribution in [0.1, 0.15) is 26.7 Å². The molecule has 104 valence electrons. The summed E-state index contributed by atoms with van der Waals surface area (Å²) in [5.41, 5.74) is 1.47. The highest BCUT2D eigenvalue weighted by Crippen LogP contribution is 2.14. The van der Waals surface area contributed by atoms with Gasteiger partial charge in [0.15, 0.2) is 0 Å². The third-order valence-corrected chi connectivity index (χ3v) is 2.76. The molecule has 0 spiro atoms. The van der Waals surface area contributed by atoms with E-state index in [0.717, 1.165) is 11.4 Å². The van der Waals surface area contributed by atoms with Gasteiger partial charge in [-0.15, -0.1) is 0 Å². The molecule has 0 bridgehead atoms. The van der Waals surface area contributed by atoms with Crippen molar-refractivity contribution in [3.8, 4) is 0 Å². The van der Waals surface area contributed by atoms with E-state index in [9.17, 15) is 9.59 Å². The first-order valence-electron chi connectivity index (χ1n) is 6.27. The highest BCUT2D eigenvalue weighted by molar-refractivity contribution is 9.09. The van der Waals surface area contributed by atoms with Crippen molar-refractivity contribution >= 4 is 39.1 Å². The van der Waals surface area contributed by atoms with E-state index in [1.165, 1.54) is 0 Å². The Bertz CT molecular complexity index is 430. The predicted molar refractivity (Wildman–Crippen MR) is 81.6 cm³/mol. The molecule has 5 heteroatoms. The van der Waals surface area contributed by atoms with Crippen molar-refractivity contribution in [2.45, 2.75) is 26.7 Å². The first-order valence-corrected chi connectivity index (χ1v) is 7.39. The van der Waals surface area contributed by atoms with Crippen molar-refractivity contribution in [3.05, 3.63) is 24.3 Å². The monoisotopic (exact) mass is 326 g/mol. The fourth-order valence-electron chi connectivity index (χ4n) is 1.53. The molecule has 0 saturated heterocycles. The zero-order chi connectivity index (χ0) is 14.3. The number of halogens is 1. The molecular formula is C14H19BrN2O2. The molecule has 1 aromatic rings. The molecule has 0 fully saturated rings. The molecule has 0 heterocycles. The Morgan fingerprint density at radius 3 is 1.95 bits per heavy atom. The second-order valence-corrected chi connectivity index (χ2v) is 5.50. The number of benzene rings is 1. The second kappa shape index (κ2) is 7.94. The van der Waals surface area contributed by atoms with Crippen molar-refractivity contribution in [1.29, 1.82) is 0 Å². The third kappa shape index (κ3) is 6.38. The summed E-state index contributed by atoms with van der Waals surface area (Å²) in [7, 11) is 0. The van der Waals surface area contributed by atoms with E-state index in [1.807, 2.05) is 13.8 Å². The van der Waals surface area contributed by atoms with Gasteiger partial charge in [-0.05, 0) is 30.2 Å². The summed E-state index contributed by atoms with van der Waals surface area (Å²) in [4.78, 5) is 23.0. The van der Waals surface area contributed by atoms with Gasteiger partial charge in [-0.2, -0.15) is 0 Å². The summed E-state index contributed by atoms with van der Waals surface area (Å²) < 4.78 is 0. The maximum atomic E-state index is 11.6. The Morgan fingerprint density at radius 1 is 1.05 bits per heavy atom. The number of carbonyl (C=O) groups excluding carboxylic acids is 2. The van der Waals surface area contributed by atoms with Crippen LogP contribution in [0.2, 0.25) is 0 Å². The molecule has 19 heavy (non-hydrogen) atoms. The largest absolute Gasteiger partial charge is 0.326 e. The quantitative estimate of drug-likeness (QED) is 0.787. The van der Waals surface area contributed by atoms with E-state index in [-0.39, 0.29) is 11.8 Å². The lowest BCUT2D eigenvalue weighted by Gasteiger charge is -2.08. The van der Waals surface area contributed by atoms with Gasteiger partial charge < -0.3 is 10.6 Å². The molecule has 1 rings (SSSR count). The molecule has 0 radical (unpaired) electrons. The van der Waals surface area contributed by atoms with Crippen LogP contribution in [0.4, 0.5) is 11.4 Å². The smallest absolute Gasteiger partial charge is 0.225 e. The summed E-state index contributed by atoms with van der Waals surface area (Å²) >= 11 is 3.21. The van der Waals surface area contributed by atoms with Gasteiger partial charge >= 0.3 is 0 Å². The second-order valence-electron chi connectivity index (χ2n) is 4.71. The molecule has 0 aliphatic heterocycles. The maximum absolute atomic E-state index is 11.6. The van der Waals surface area contributed by atoms with Crippen LogP contribution in [0, 0.1) is 5.92 Å². The van der Waals surface area contributed by atoms with Crippen molar-refractivity contribution in [1.82, 2.24) is 0 Å². The number of rotatable bonds is 6. The molecule has 0 atom stereocenters. The molecule has 4 nitrogen and oxygen atoms in total. The van der Waals surface area contributed by atoms with Gasteiger partial charge in [0.2, 0.25) is 11.8 Å². The lowest BCUT2D eigenvalue weighted by molar-refractivity contribution is -0.117. The number of alkyl halides is 1. The molecule has 1 aromatic carbocycles. The van der Waals surface area contributed by atoms with Gasteiger partial charge in [0.1, 0.15) is 0 Å². The Balaban J connectivity index is 2.52. The van der Waals surface area contributed by atoms with Gasteiger partial charge in [0.05, 0.1) is 0 Å². The van der Waals surface area contributed by atoms with Gasteiger partial charge in [0.25, 0.3) is 0 Å². The molecular weight excluding hydrogens is 308 g/mol. The van der Waals surface area contributed by atoms with Crippen LogP contribution in [-0.2, 0) is 9.59 Å². The molecule has 2 N–H and O–H groups in total. The highest BCUT2D eigenvalue weighted by atomic mass is 79.9. The fourth-order valence-corrected chi connectivity index (χ4v) is 1.89. The minimum atomic E-state index is -0.0338. The van der Waals surface area contributed by atoms with Crippen molar-refractivity contribution in [3.63, 3.8) is 0 Å². The molecule has 0 aliphatic rings. The lowest BCUT2D eigenvalue weighted by atomic mass is 10.1. The fraction of sp³-hybridized carbons (Fsp3) is 0.429. The number of amides is 2. The van der Waals surface area contributed by atoms with Gasteiger partial charge in [-0.1, -0.05) is 29.8 Å². The van der Waals surface area contributed by atoms with E-state index < -0.39 is 0 Å². The summed E-state index contributed by atoms with van der Waals surface area (Å²) in [5.74, 6) is 0.308. The van der Waals surface area contributed by atoms with Crippen LogP contribution < -0.4 is 10.6 Å². The maximum Gasteiger partial charge on any atom is 0.225 e. The topological polar surface area (TPSA) is 58.2 Å². The van der Waals surface area contributed by atoms with E-state index in [2.05, 4.69) is 26.6 Å². The summed E-state index contributed by atoms with van der Waals surface area (Å²) in [5, 5.41) is 6.23. The van der Waals surface area contributed by atoms with Crippen LogP contribution >= 0.6 is 15.9 Å². The Kier molecular flexibility index (Phi) is 6.56. The molecule has 0 saturated carbocycles. The van der Waals surface area contributed by atoms with Gasteiger partial charge in [-0.3, -0.25) is 9.59 Å². The van der Waals surface area contributed by atoms with E-state index in [1.54, 1.807) is 24.3 Å². The van der Waals surface area contributed by atoms with Crippen molar-refractivity contribution < 1.29 is 9.59 Å². The van der Waals surface area contributed by atoms with Gasteiger partial charge in [0, 0.05) is 29.5 Å². The minimum Gasteiger partial charge on any atom is -0.326 e. The van der Waals surface area contributed by atoms with E-state index in [4.69, 9.17) is 0 Å². The van der Waals surface area contributed by atoms with Crippen LogP contribution in [0.3, 0.4) is 0 Å². The van der Waals surface area contributed by atoms with Crippen LogP contribution in [-0.4, -0.2) is 17.1 Å². The molecule has 0 unspecified atom stereocenters. The van der Waals surface area contributed by atoms with E-state index >= 15 is 0 Å². The van der Waals surface area contributed by atoms with Crippen LogP contribution in [0.15, 0.2) is 24.3 Å². The zero-order valence-corrected chi connectivity index (χ0v) is 12.8. The average molecular weight is 327 g/mol. The predicted octanol–water partition coefficient (Wildman–Crippen LogP) is 3.39. The summed E-state index contributed by atoms with van der Waals surface area (Å²) in [6.07, 6.45) is 0.941. The van der Waals surface area contributed by atoms with Crippen molar-refractivity contribution in [2.24, 2.45) is 5.92 Å². The number of anilines is 2.